The highest BCUT2D eigenvalue weighted by Gasteiger charge is 2.26. The molecule has 1 fully saturated rings. The quantitative estimate of drug-likeness (QED) is 0.905. The normalized spacial score (nSPS) is 17.2. The van der Waals surface area contributed by atoms with Gasteiger partial charge >= 0.3 is 0 Å². The maximum atomic E-state index is 10.8. The molecule has 1 aliphatic carbocycles. The molecule has 23 heavy (non-hydrogen) atoms. The van der Waals surface area contributed by atoms with E-state index >= 15 is 0 Å². The summed E-state index contributed by atoms with van der Waals surface area (Å²) in [5.74, 6) is 1.21. The minimum absolute atomic E-state index is 0.377. The van der Waals surface area contributed by atoms with E-state index in [-0.39, 0.29) is 0 Å². The lowest BCUT2D eigenvalue weighted by Crippen LogP contribution is -2.16. The Morgan fingerprint density at radius 2 is 1.91 bits per heavy atom. The van der Waals surface area contributed by atoms with Crippen LogP contribution in [-0.2, 0) is 6.42 Å². The molecule has 1 N–H and O–H groups in total. The maximum Gasteiger partial charge on any atom is 0.119 e. The number of aromatic nitrogens is 2. The fraction of sp³-hybridized carbons (Fsp3) is 0.526. The van der Waals surface area contributed by atoms with Crippen molar-refractivity contribution in [2.45, 2.75) is 51.6 Å². The Balaban J connectivity index is 1.87. The Kier molecular flexibility index (Phi) is 5.01. The van der Waals surface area contributed by atoms with Crippen molar-refractivity contribution >= 4 is 0 Å². The molecule has 1 aromatic heterocycles. The lowest BCUT2D eigenvalue weighted by molar-refractivity contribution is 0.0841. The minimum atomic E-state index is -0.391. The van der Waals surface area contributed by atoms with Crippen LogP contribution in [0, 0.1) is 5.92 Å². The summed E-state index contributed by atoms with van der Waals surface area (Å²) in [4.78, 5) is 0. The molecule has 2 aromatic rings. The van der Waals surface area contributed by atoms with Gasteiger partial charge < -0.3 is 9.84 Å². The second-order valence-corrected chi connectivity index (χ2v) is 6.37. The molecular formula is C19H26N2O2. The molecule has 4 nitrogen and oxygen atoms in total. The van der Waals surface area contributed by atoms with Crippen LogP contribution in [0.1, 0.15) is 56.4 Å². The number of aliphatic hydroxyl groups excluding tert-OH is 1. The first-order valence-corrected chi connectivity index (χ1v) is 8.64. The molecule has 1 heterocycles. The summed E-state index contributed by atoms with van der Waals surface area (Å²) in [6.07, 6.45) is 8.45. The highest BCUT2D eigenvalue weighted by Crippen LogP contribution is 2.35. The average molecular weight is 314 g/mol. The summed E-state index contributed by atoms with van der Waals surface area (Å²) in [6, 6.07) is 7.84. The smallest absolute Gasteiger partial charge is 0.119 e. The third-order valence-electron chi connectivity index (χ3n) is 4.91. The fourth-order valence-electron chi connectivity index (χ4n) is 3.52. The third-order valence-corrected chi connectivity index (χ3v) is 4.91. The van der Waals surface area contributed by atoms with Gasteiger partial charge in [0.1, 0.15) is 5.75 Å². The second kappa shape index (κ2) is 7.18. The van der Waals surface area contributed by atoms with Crippen LogP contribution in [0.5, 0.6) is 5.75 Å². The molecule has 1 unspecified atom stereocenters. The maximum absolute atomic E-state index is 10.8. The summed E-state index contributed by atoms with van der Waals surface area (Å²) >= 11 is 0. The van der Waals surface area contributed by atoms with E-state index in [1.54, 1.807) is 7.11 Å². The summed E-state index contributed by atoms with van der Waals surface area (Å²) in [5, 5.41) is 15.5. The van der Waals surface area contributed by atoms with E-state index in [0.717, 1.165) is 42.0 Å². The van der Waals surface area contributed by atoms with Gasteiger partial charge in [0.05, 0.1) is 24.6 Å². The van der Waals surface area contributed by atoms with Crippen LogP contribution >= 0.6 is 0 Å². The van der Waals surface area contributed by atoms with E-state index in [1.807, 2.05) is 35.1 Å². The average Bonchev–Trinajstić information content (AvgIpc) is 3.06. The minimum Gasteiger partial charge on any atom is -0.497 e. The van der Waals surface area contributed by atoms with Crippen molar-refractivity contribution in [1.29, 1.82) is 0 Å². The van der Waals surface area contributed by atoms with Crippen LogP contribution in [-0.4, -0.2) is 22.0 Å². The number of nitrogens with zero attached hydrogens (tertiary/aromatic N) is 2. The predicted octanol–water partition coefficient (Wildman–Crippen LogP) is 4.06. The van der Waals surface area contributed by atoms with Crippen LogP contribution < -0.4 is 4.74 Å². The number of hydrogen-bond acceptors (Lipinski definition) is 3. The summed E-state index contributed by atoms with van der Waals surface area (Å²) in [7, 11) is 1.66. The van der Waals surface area contributed by atoms with Crippen molar-refractivity contribution in [3.63, 3.8) is 0 Å². The number of hydrogen-bond donors (Lipinski definition) is 1. The number of methoxy groups -OCH3 is 1. The van der Waals surface area contributed by atoms with Gasteiger partial charge in [-0.15, -0.1) is 0 Å². The molecule has 4 heteroatoms. The van der Waals surface area contributed by atoms with Crippen LogP contribution in [0.15, 0.2) is 30.5 Å². The van der Waals surface area contributed by atoms with Gasteiger partial charge in [0.2, 0.25) is 0 Å². The number of rotatable bonds is 5. The van der Waals surface area contributed by atoms with Crippen LogP contribution in [0.2, 0.25) is 0 Å². The van der Waals surface area contributed by atoms with Crippen LogP contribution in [0.4, 0.5) is 0 Å². The van der Waals surface area contributed by atoms with Gasteiger partial charge in [0.25, 0.3) is 0 Å². The SMILES string of the molecule is CCc1nn(-c2ccc(OC)cc2)cc1C(O)C1CCCCC1. The van der Waals surface area contributed by atoms with Crippen molar-refractivity contribution < 1.29 is 9.84 Å². The summed E-state index contributed by atoms with van der Waals surface area (Å²) in [5.41, 5.74) is 2.98. The summed E-state index contributed by atoms with van der Waals surface area (Å²) < 4.78 is 7.08. The molecule has 0 amide bonds. The van der Waals surface area contributed by atoms with Crippen molar-refractivity contribution in [2.24, 2.45) is 5.92 Å². The van der Waals surface area contributed by atoms with E-state index in [4.69, 9.17) is 4.74 Å². The van der Waals surface area contributed by atoms with Gasteiger partial charge in [0.15, 0.2) is 0 Å². The first kappa shape index (κ1) is 16.1. The molecule has 0 saturated heterocycles. The molecule has 3 rings (SSSR count). The van der Waals surface area contributed by atoms with Gasteiger partial charge in [0, 0.05) is 11.8 Å². The molecule has 0 spiro atoms. The number of benzene rings is 1. The molecular weight excluding hydrogens is 288 g/mol. The van der Waals surface area contributed by atoms with Gasteiger partial charge in [-0.05, 0) is 49.4 Å². The highest BCUT2D eigenvalue weighted by molar-refractivity contribution is 5.38. The van der Waals surface area contributed by atoms with Crippen LogP contribution in [0.3, 0.4) is 0 Å². The van der Waals surface area contributed by atoms with E-state index in [1.165, 1.54) is 19.3 Å². The van der Waals surface area contributed by atoms with E-state index in [2.05, 4.69) is 12.0 Å². The monoisotopic (exact) mass is 314 g/mol. The molecule has 0 radical (unpaired) electrons. The summed E-state index contributed by atoms with van der Waals surface area (Å²) in [6.45, 7) is 2.10. The Labute approximate surface area is 138 Å². The second-order valence-electron chi connectivity index (χ2n) is 6.37. The van der Waals surface area contributed by atoms with Crippen molar-refractivity contribution in [1.82, 2.24) is 9.78 Å². The molecule has 0 aliphatic heterocycles. The van der Waals surface area contributed by atoms with E-state index in [0.29, 0.717) is 5.92 Å². The molecule has 0 bridgehead atoms. The predicted molar refractivity (Wildman–Crippen MR) is 91.0 cm³/mol. The van der Waals surface area contributed by atoms with Crippen molar-refractivity contribution in [2.75, 3.05) is 7.11 Å². The topological polar surface area (TPSA) is 47.3 Å². The largest absolute Gasteiger partial charge is 0.497 e. The lowest BCUT2D eigenvalue weighted by Gasteiger charge is -2.26. The van der Waals surface area contributed by atoms with Gasteiger partial charge in [-0.25, -0.2) is 4.68 Å². The Morgan fingerprint density at radius 1 is 1.22 bits per heavy atom. The number of aliphatic hydroxyl groups is 1. The molecule has 124 valence electrons. The zero-order chi connectivity index (χ0) is 16.2. The third kappa shape index (κ3) is 3.42. The van der Waals surface area contributed by atoms with E-state index < -0.39 is 6.10 Å². The van der Waals surface area contributed by atoms with Gasteiger partial charge in [-0.3, -0.25) is 0 Å². The van der Waals surface area contributed by atoms with Gasteiger partial charge in [-0.1, -0.05) is 26.2 Å². The zero-order valence-corrected chi connectivity index (χ0v) is 14.0. The number of aryl methyl sites for hydroxylation is 1. The Hall–Kier alpha value is -1.81. The molecule has 1 atom stereocenters. The first-order valence-electron chi connectivity index (χ1n) is 8.64. The standard InChI is InChI=1S/C19H26N2O2/c1-3-18-17(19(22)14-7-5-4-6-8-14)13-21(20-18)15-9-11-16(23-2)12-10-15/h9-14,19,22H,3-8H2,1-2H3. The zero-order valence-electron chi connectivity index (χ0n) is 14.0. The van der Waals surface area contributed by atoms with Crippen LogP contribution in [0.25, 0.3) is 5.69 Å². The molecule has 1 aliphatic rings. The fourth-order valence-corrected chi connectivity index (χ4v) is 3.52. The van der Waals surface area contributed by atoms with Crippen molar-refractivity contribution in [3.05, 3.63) is 41.7 Å². The van der Waals surface area contributed by atoms with Gasteiger partial charge in [-0.2, -0.15) is 5.10 Å². The number of ether oxygens (including phenoxy) is 1. The lowest BCUT2D eigenvalue weighted by atomic mass is 9.82. The molecule has 1 saturated carbocycles. The highest BCUT2D eigenvalue weighted by atomic mass is 16.5. The van der Waals surface area contributed by atoms with Crippen molar-refractivity contribution in [3.8, 4) is 11.4 Å². The Bertz CT molecular complexity index is 627. The Morgan fingerprint density at radius 3 is 2.52 bits per heavy atom. The van der Waals surface area contributed by atoms with E-state index in [9.17, 15) is 5.11 Å². The first-order chi connectivity index (χ1) is 11.2. The molecule has 1 aromatic carbocycles.